The van der Waals surface area contributed by atoms with E-state index in [0.29, 0.717) is 0 Å². The van der Waals surface area contributed by atoms with E-state index in [9.17, 15) is 0 Å². The van der Waals surface area contributed by atoms with Crippen molar-refractivity contribution in [1.82, 2.24) is 0 Å². The quantitative estimate of drug-likeness (QED) is 0.589. The summed E-state index contributed by atoms with van der Waals surface area (Å²) in [5, 5.41) is 3.77. The Kier molecular flexibility index (Phi) is 4.09. The molecule has 0 aliphatic heterocycles. The molecule has 0 fully saturated rings. The van der Waals surface area contributed by atoms with Crippen LogP contribution in [-0.2, 0) is 18.4 Å². The van der Waals surface area contributed by atoms with Gasteiger partial charge in [0.2, 0.25) is 0 Å². The van der Waals surface area contributed by atoms with E-state index in [1.165, 1.54) is 46.3 Å². The Bertz CT molecular complexity index is 882. The highest BCUT2D eigenvalue weighted by atomic mass is 15.0. The Balaban J connectivity index is 1.63. The van der Waals surface area contributed by atoms with Crippen LogP contribution >= 0.6 is 0 Å². The van der Waals surface area contributed by atoms with Crippen molar-refractivity contribution in [3.63, 3.8) is 0 Å². The standard InChI is InChI=1S/C24H25N/c1-3-24(2,22-9-5-4-6-10-22)25-23-11-7-8-19(17-23)21-15-13-18-12-14-20(18)16-21/h4-11,13,15-17,25H,3,12,14H2,1-2H3. The zero-order chi connectivity index (χ0) is 17.3. The highest BCUT2D eigenvalue weighted by Gasteiger charge is 2.24. The minimum atomic E-state index is -0.0691. The van der Waals surface area contributed by atoms with Gasteiger partial charge in [0.25, 0.3) is 0 Å². The van der Waals surface area contributed by atoms with Crippen molar-refractivity contribution in [2.45, 2.75) is 38.6 Å². The molecule has 3 aromatic rings. The zero-order valence-corrected chi connectivity index (χ0v) is 15.0. The molecule has 0 radical (unpaired) electrons. The van der Waals surface area contributed by atoms with Crippen molar-refractivity contribution in [2.24, 2.45) is 0 Å². The number of benzene rings is 3. The summed E-state index contributed by atoms with van der Waals surface area (Å²) in [5.41, 5.74) is 8.06. The molecule has 0 aromatic heterocycles. The SMILES string of the molecule is CCC(C)(Nc1cccc(-c2ccc3c(c2)CC3)c1)c1ccccc1. The number of anilines is 1. The van der Waals surface area contributed by atoms with Crippen LogP contribution in [0.2, 0.25) is 0 Å². The monoisotopic (exact) mass is 327 g/mol. The molecular formula is C24H25N. The first-order chi connectivity index (χ1) is 12.2. The first-order valence-corrected chi connectivity index (χ1v) is 9.24. The third-order valence-corrected chi connectivity index (χ3v) is 5.60. The molecular weight excluding hydrogens is 302 g/mol. The van der Waals surface area contributed by atoms with Crippen molar-refractivity contribution in [3.05, 3.63) is 89.5 Å². The molecule has 0 bridgehead atoms. The average Bonchev–Trinajstić information content (AvgIpc) is 2.63. The molecule has 0 amide bonds. The van der Waals surface area contributed by atoms with Crippen molar-refractivity contribution in [1.29, 1.82) is 0 Å². The van der Waals surface area contributed by atoms with E-state index in [1.54, 1.807) is 0 Å². The third-order valence-electron chi connectivity index (χ3n) is 5.60. The van der Waals surface area contributed by atoms with Crippen LogP contribution in [0, 0.1) is 0 Å². The summed E-state index contributed by atoms with van der Waals surface area (Å²) in [4.78, 5) is 0. The molecule has 1 unspecified atom stereocenters. The minimum absolute atomic E-state index is 0.0691. The topological polar surface area (TPSA) is 12.0 Å². The molecule has 126 valence electrons. The van der Waals surface area contributed by atoms with Gasteiger partial charge in [-0.25, -0.2) is 0 Å². The summed E-state index contributed by atoms with van der Waals surface area (Å²) in [6, 6.07) is 26.4. The van der Waals surface area contributed by atoms with Gasteiger partial charge in [0.05, 0.1) is 5.54 Å². The van der Waals surface area contributed by atoms with Gasteiger partial charge in [-0.1, -0.05) is 67.6 Å². The Morgan fingerprint density at radius 2 is 1.56 bits per heavy atom. The van der Waals surface area contributed by atoms with Gasteiger partial charge in [-0.3, -0.25) is 0 Å². The van der Waals surface area contributed by atoms with Crippen LogP contribution in [0.4, 0.5) is 5.69 Å². The lowest BCUT2D eigenvalue weighted by Crippen LogP contribution is -2.30. The molecule has 1 N–H and O–H groups in total. The molecule has 4 rings (SSSR count). The number of hydrogen-bond acceptors (Lipinski definition) is 1. The molecule has 25 heavy (non-hydrogen) atoms. The predicted octanol–water partition coefficient (Wildman–Crippen LogP) is 6.19. The van der Waals surface area contributed by atoms with Crippen LogP contribution in [0.3, 0.4) is 0 Å². The molecule has 1 atom stereocenters. The summed E-state index contributed by atoms with van der Waals surface area (Å²) in [6.07, 6.45) is 3.49. The van der Waals surface area contributed by atoms with Gasteiger partial charge in [-0.05, 0) is 66.1 Å². The first-order valence-electron chi connectivity index (χ1n) is 9.24. The lowest BCUT2D eigenvalue weighted by molar-refractivity contribution is 0.523. The van der Waals surface area contributed by atoms with Crippen LogP contribution in [0.25, 0.3) is 11.1 Å². The van der Waals surface area contributed by atoms with Crippen LogP contribution in [-0.4, -0.2) is 0 Å². The van der Waals surface area contributed by atoms with Gasteiger partial charge >= 0.3 is 0 Å². The number of fused-ring (bicyclic) bond motifs is 1. The summed E-state index contributed by atoms with van der Waals surface area (Å²) in [6.45, 7) is 4.51. The normalized spacial score (nSPS) is 15.0. The van der Waals surface area contributed by atoms with Crippen molar-refractivity contribution >= 4 is 5.69 Å². The summed E-state index contributed by atoms with van der Waals surface area (Å²) in [5.74, 6) is 0. The Morgan fingerprint density at radius 3 is 2.24 bits per heavy atom. The lowest BCUT2D eigenvalue weighted by Gasteiger charge is -2.32. The van der Waals surface area contributed by atoms with Crippen LogP contribution in [0.15, 0.2) is 72.8 Å². The highest BCUT2D eigenvalue weighted by Crippen LogP contribution is 2.33. The largest absolute Gasteiger partial charge is 0.376 e. The fourth-order valence-electron chi connectivity index (χ4n) is 3.64. The number of aryl methyl sites for hydroxylation is 2. The third kappa shape index (κ3) is 3.07. The molecule has 0 heterocycles. The molecule has 1 aliphatic carbocycles. The Morgan fingerprint density at radius 1 is 0.800 bits per heavy atom. The maximum Gasteiger partial charge on any atom is 0.0594 e. The van der Waals surface area contributed by atoms with Crippen molar-refractivity contribution in [3.8, 4) is 11.1 Å². The second-order valence-electron chi connectivity index (χ2n) is 7.24. The maximum absolute atomic E-state index is 3.77. The van der Waals surface area contributed by atoms with Gasteiger partial charge in [0, 0.05) is 5.69 Å². The lowest BCUT2D eigenvalue weighted by atomic mass is 9.86. The smallest absolute Gasteiger partial charge is 0.0594 e. The molecule has 3 aromatic carbocycles. The predicted molar refractivity (Wildman–Crippen MR) is 107 cm³/mol. The first kappa shape index (κ1) is 16.0. The van der Waals surface area contributed by atoms with Gasteiger partial charge in [0.1, 0.15) is 0 Å². The molecule has 1 nitrogen and oxygen atoms in total. The van der Waals surface area contributed by atoms with E-state index < -0.39 is 0 Å². The van der Waals surface area contributed by atoms with Gasteiger partial charge in [-0.2, -0.15) is 0 Å². The van der Waals surface area contributed by atoms with E-state index in [2.05, 4.69) is 92.0 Å². The highest BCUT2D eigenvalue weighted by molar-refractivity contribution is 5.70. The van der Waals surface area contributed by atoms with Gasteiger partial charge < -0.3 is 5.32 Å². The zero-order valence-electron chi connectivity index (χ0n) is 15.0. The van der Waals surface area contributed by atoms with E-state index in [0.717, 1.165) is 6.42 Å². The molecule has 0 spiro atoms. The van der Waals surface area contributed by atoms with E-state index in [4.69, 9.17) is 0 Å². The van der Waals surface area contributed by atoms with Gasteiger partial charge in [0.15, 0.2) is 0 Å². The maximum atomic E-state index is 3.77. The summed E-state index contributed by atoms with van der Waals surface area (Å²) >= 11 is 0. The molecule has 1 aliphatic rings. The summed E-state index contributed by atoms with van der Waals surface area (Å²) < 4.78 is 0. The number of rotatable bonds is 5. The van der Waals surface area contributed by atoms with E-state index in [-0.39, 0.29) is 5.54 Å². The molecule has 0 saturated carbocycles. The minimum Gasteiger partial charge on any atom is -0.376 e. The fourth-order valence-corrected chi connectivity index (χ4v) is 3.64. The number of nitrogens with one attached hydrogen (secondary N) is 1. The summed E-state index contributed by atoms with van der Waals surface area (Å²) in [7, 11) is 0. The Hall–Kier alpha value is -2.54. The fraction of sp³-hybridized carbons (Fsp3) is 0.250. The van der Waals surface area contributed by atoms with E-state index in [1.807, 2.05) is 0 Å². The van der Waals surface area contributed by atoms with Gasteiger partial charge in [-0.15, -0.1) is 0 Å². The van der Waals surface area contributed by atoms with E-state index >= 15 is 0 Å². The second kappa shape index (κ2) is 6.40. The van der Waals surface area contributed by atoms with Crippen molar-refractivity contribution < 1.29 is 0 Å². The molecule has 0 saturated heterocycles. The second-order valence-corrected chi connectivity index (χ2v) is 7.24. The number of hydrogen-bond donors (Lipinski definition) is 1. The molecule has 1 heteroatoms. The average molecular weight is 327 g/mol. The van der Waals surface area contributed by atoms with Crippen molar-refractivity contribution in [2.75, 3.05) is 5.32 Å². The van der Waals surface area contributed by atoms with Crippen LogP contribution < -0.4 is 5.32 Å². The Labute approximate surface area is 150 Å². The van der Waals surface area contributed by atoms with Crippen LogP contribution in [0.5, 0.6) is 0 Å². The van der Waals surface area contributed by atoms with Crippen LogP contribution in [0.1, 0.15) is 37.0 Å².